The SMILES string of the molecule is Brc1csc(-c2csc(CNC3CC3)n2)c1. The Labute approximate surface area is 111 Å². The fraction of sp³-hybridized carbons (Fsp3) is 0.364. The summed E-state index contributed by atoms with van der Waals surface area (Å²) in [6, 6.07) is 2.88. The van der Waals surface area contributed by atoms with Crippen molar-refractivity contribution in [2.24, 2.45) is 0 Å². The molecular weight excluding hydrogens is 304 g/mol. The van der Waals surface area contributed by atoms with Gasteiger partial charge < -0.3 is 5.32 Å². The average Bonchev–Trinajstić information content (AvgIpc) is 2.81. The van der Waals surface area contributed by atoms with Gasteiger partial charge in [-0.15, -0.1) is 22.7 Å². The van der Waals surface area contributed by atoms with Gasteiger partial charge in [0.25, 0.3) is 0 Å². The maximum atomic E-state index is 4.64. The summed E-state index contributed by atoms with van der Waals surface area (Å²) >= 11 is 6.94. The molecule has 84 valence electrons. The molecule has 0 saturated heterocycles. The molecule has 2 nitrogen and oxygen atoms in total. The molecule has 5 heteroatoms. The minimum Gasteiger partial charge on any atom is -0.308 e. The molecule has 0 atom stereocenters. The Bertz CT molecular complexity index is 488. The lowest BCUT2D eigenvalue weighted by atomic mass is 10.4. The van der Waals surface area contributed by atoms with Crippen molar-refractivity contribution in [3.63, 3.8) is 0 Å². The molecule has 0 unspecified atom stereocenters. The lowest BCUT2D eigenvalue weighted by Gasteiger charge is -1.96. The lowest BCUT2D eigenvalue weighted by molar-refractivity contribution is 0.685. The predicted molar refractivity (Wildman–Crippen MR) is 73.0 cm³/mol. The number of nitrogens with zero attached hydrogens (tertiary/aromatic N) is 1. The molecule has 1 N–H and O–H groups in total. The smallest absolute Gasteiger partial charge is 0.107 e. The third-order valence-electron chi connectivity index (χ3n) is 2.49. The minimum atomic E-state index is 0.753. The number of hydrogen-bond acceptors (Lipinski definition) is 4. The normalized spacial score (nSPS) is 15.6. The van der Waals surface area contributed by atoms with Gasteiger partial charge in [-0.3, -0.25) is 0 Å². The third kappa shape index (κ3) is 2.53. The van der Waals surface area contributed by atoms with Crippen molar-refractivity contribution in [2.45, 2.75) is 25.4 Å². The summed E-state index contributed by atoms with van der Waals surface area (Å²) in [5.74, 6) is 0. The van der Waals surface area contributed by atoms with E-state index in [0.29, 0.717) is 0 Å². The maximum absolute atomic E-state index is 4.64. The Morgan fingerprint density at radius 3 is 2.94 bits per heavy atom. The highest BCUT2D eigenvalue weighted by molar-refractivity contribution is 9.10. The van der Waals surface area contributed by atoms with E-state index in [2.05, 4.69) is 43.1 Å². The zero-order valence-corrected chi connectivity index (χ0v) is 11.8. The molecule has 0 radical (unpaired) electrons. The van der Waals surface area contributed by atoms with E-state index in [4.69, 9.17) is 0 Å². The predicted octanol–water partition coefficient (Wildman–Crippen LogP) is 3.89. The molecule has 0 aromatic carbocycles. The van der Waals surface area contributed by atoms with Crippen LogP contribution in [0.15, 0.2) is 21.3 Å². The second-order valence-corrected chi connectivity index (χ2v) is 6.68. The van der Waals surface area contributed by atoms with Gasteiger partial charge in [0.1, 0.15) is 5.01 Å². The van der Waals surface area contributed by atoms with Crippen molar-refractivity contribution in [3.8, 4) is 10.6 Å². The van der Waals surface area contributed by atoms with Gasteiger partial charge in [0.05, 0.1) is 10.6 Å². The Balaban J connectivity index is 1.71. The Morgan fingerprint density at radius 1 is 1.38 bits per heavy atom. The van der Waals surface area contributed by atoms with E-state index >= 15 is 0 Å². The molecule has 1 aliphatic carbocycles. The third-order valence-corrected chi connectivity index (χ3v) is 5.05. The van der Waals surface area contributed by atoms with Gasteiger partial charge in [-0.1, -0.05) is 0 Å². The van der Waals surface area contributed by atoms with Crippen LogP contribution in [-0.4, -0.2) is 11.0 Å². The van der Waals surface area contributed by atoms with E-state index in [-0.39, 0.29) is 0 Å². The molecule has 0 amide bonds. The van der Waals surface area contributed by atoms with Gasteiger partial charge in [0.15, 0.2) is 0 Å². The number of rotatable bonds is 4. The first-order valence-corrected chi connectivity index (χ1v) is 7.79. The molecule has 1 aliphatic rings. The number of nitrogens with one attached hydrogen (secondary N) is 1. The number of halogens is 1. The molecule has 0 spiro atoms. The van der Waals surface area contributed by atoms with Crippen molar-refractivity contribution in [1.82, 2.24) is 10.3 Å². The van der Waals surface area contributed by atoms with Gasteiger partial charge in [-0.05, 0) is 34.8 Å². The van der Waals surface area contributed by atoms with E-state index in [9.17, 15) is 0 Å². The number of aromatic nitrogens is 1. The van der Waals surface area contributed by atoms with E-state index in [1.165, 1.54) is 22.7 Å². The summed E-state index contributed by atoms with van der Waals surface area (Å²) in [6.45, 7) is 0.919. The minimum absolute atomic E-state index is 0.753. The van der Waals surface area contributed by atoms with E-state index in [1.807, 2.05) is 0 Å². The highest BCUT2D eigenvalue weighted by Crippen LogP contribution is 2.30. The van der Waals surface area contributed by atoms with Crippen molar-refractivity contribution in [1.29, 1.82) is 0 Å². The maximum Gasteiger partial charge on any atom is 0.107 e. The largest absolute Gasteiger partial charge is 0.308 e. The molecular formula is C11H11BrN2S2. The molecule has 2 heterocycles. The Hall–Kier alpha value is -0.230. The van der Waals surface area contributed by atoms with E-state index in [0.717, 1.165) is 22.8 Å². The topological polar surface area (TPSA) is 24.9 Å². The monoisotopic (exact) mass is 314 g/mol. The summed E-state index contributed by atoms with van der Waals surface area (Å²) in [5.41, 5.74) is 1.10. The van der Waals surface area contributed by atoms with E-state index in [1.54, 1.807) is 22.7 Å². The van der Waals surface area contributed by atoms with Crippen LogP contribution in [0.3, 0.4) is 0 Å². The van der Waals surface area contributed by atoms with Crippen LogP contribution in [0.5, 0.6) is 0 Å². The van der Waals surface area contributed by atoms with Crippen molar-refractivity contribution in [2.75, 3.05) is 0 Å². The highest BCUT2D eigenvalue weighted by Gasteiger charge is 2.20. The van der Waals surface area contributed by atoms with Crippen molar-refractivity contribution >= 4 is 38.6 Å². The fourth-order valence-corrected chi connectivity index (χ4v) is 3.68. The summed E-state index contributed by atoms with van der Waals surface area (Å²) < 4.78 is 1.14. The zero-order valence-electron chi connectivity index (χ0n) is 8.57. The van der Waals surface area contributed by atoms with Crippen LogP contribution in [0.2, 0.25) is 0 Å². The second kappa shape index (κ2) is 4.56. The van der Waals surface area contributed by atoms with Gasteiger partial charge >= 0.3 is 0 Å². The number of thiophene rings is 1. The number of thiazole rings is 1. The first-order chi connectivity index (χ1) is 7.81. The van der Waals surface area contributed by atoms with Crippen LogP contribution >= 0.6 is 38.6 Å². The van der Waals surface area contributed by atoms with Crippen LogP contribution in [0, 0.1) is 0 Å². The van der Waals surface area contributed by atoms with E-state index < -0.39 is 0 Å². The molecule has 1 saturated carbocycles. The second-order valence-electron chi connectivity index (χ2n) is 3.91. The lowest BCUT2D eigenvalue weighted by Crippen LogP contribution is -2.14. The molecule has 2 aromatic rings. The van der Waals surface area contributed by atoms with Crippen molar-refractivity contribution < 1.29 is 0 Å². The zero-order chi connectivity index (χ0) is 11.0. The standard InChI is InChI=1S/C11H11BrN2S2/c12-7-3-10(15-5-7)9-6-16-11(14-9)4-13-8-1-2-8/h3,5-6,8,13H,1-2,4H2. The Kier molecular flexibility index (Phi) is 3.11. The quantitative estimate of drug-likeness (QED) is 0.926. The van der Waals surface area contributed by atoms with Gasteiger partial charge in [0, 0.05) is 27.8 Å². The van der Waals surface area contributed by atoms with Gasteiger partial charge in [-0.2, -0.15) is 0 Å². The summed E-state index contributed by atoms with van der Waals surface area (Å²) in [4.78, 5) is 5.88. The van der Waals surface area contributed by atoms with Crippen LogP contribution in [0.4, 0.5) is 0 Å². The van der Waals surface area contributed by atoms with Gasteiger partial charge in [-0.25, -0.2) is 4.98 Å². The number of hydrogen-bond donors (Lipinski definition) is 1. The van der Waals surface area contributed by atoms with Crippen molar-refractivity contribution in [3.05, 3.63) is 26.3 Å². The average molecular weight is 315 g/mol. The molecule has 3 rings (SSSR count). The first kappa shape index (κ1) is 10.9. The first-order valence-electron chi connectivity index (χ1n) is 5.23. The molecule has 16 heavy (non-hydrogen) atoms. The van der Waals surface area contributed by atoms with Gasteiger partial charge in [0.2, 0.25) is 0 Å². The van der Waals surface area contributed by atoms with Crippen LogP contribution in [0.1, 0.15) is 17.8 Å². The van der Waals surface area contributed by atoms with Crippen LogP contribution in [0.25, 0.3) is 10.6 Å². The fourth-order valence-electron chi connectivity index (χ4n) is 1.47. The van der Waals surface area contributed by atoms with Crippen LogP contribution in [-0.2, 0) is 6.54 Å². The molecule has 0 aliphatic heterocycles. The van der Waals surface area contributed by atoms with Crippen LogP contribution < -0.4 is 5.32 Å². The summed E-state index contributed by atoms with van der Waals surface area (Å²) in [7, 11) is 0. The Morgan fingerprint density at radius 2 is 2.25 bits per heavy atom. The summed E-state index contributed by atoms with van der Waals surface area (Å²) in [5, 5.41) is 8.91. The summed E-state index contributed by atoms with van der Waals surface area (Å²) in [6.07, 6.45) is 2.66. The highest BCUT2D eigenvalue weighted by atomic mass is 79.9. The molecule has 1 fully saturated rings. The molecule has 0 bridgehead atoms. The molecule has 2 aromatic heterocycles.